The molecule has 1 aromatic carbocycles. The van der Waals surface area contributed by atoms with Crippen molar-refractivity contribution in [1.82, 2.24) is 14.3 Å². The molecule has 8 heteroatoms. The lowest BCUT2D eigenvalue weighted by molar-refractivity contribution is -0.117. The van der Waals surface area contributed by atoms with E-state index in [4.69, 9.17) is 4.74 Å². The first kappa shape index (κ1) is 21.0. The number of carbonyl (C=O) groups is 1. The second kappa shape index (κ2) is 9.28. The molecule has 0 unspecified atom stereocenters. The number of hydrogen-bond acceptors (Lipinski definition) is 6. The third kappa shape index (κ3) is 5.10. The molecular formula is C23H27N5O3. The van der Waals surface area contributed by atoms with E-state index in [1.807, 2.05) is 61.3 Å². The monoisotopic (exact) mass is 421 g/mol. The number of benzene rings is 1. The number of aryl methyl sites for hydroxylation is 1. The topological polar surface area (TPSA) is 79.2 Å². The zero-order chi connectivity index (χ0) is 21.8. The summed E-state index contributed by atoms with van der Waals surface area (Å²) in [7, 11) is 1.83. The van der Waals surface area contributed by atoms with E-state index in [-0.39, 0.29) is 18.0 Å². The van der Waals surface area contributed by atoms with E-state index in [9.17, 15) is 9.59 Å². The van der Waals surface area contributed by atoms with Gasteiger partial charge in [0.2, 0.25) is 5.91 Å². The number of fused-ring (bicyclic) bond motifs is 1. The summed E-state index contributed by atoms with van der Waals surface area (Å²) >= 11 is 0. The predicted octanol–water partition coefficient (Wildman–Crippen LogP) is 1.91. The van der Waals surface area contributed by atoms with E-state index in [2.05, 4.69) is 15.2 Å². The minimum absolute atomic E-state index is 0.115. The fraction of sp³-hybridized carbons (Fsp3) is 0.348. The lowest BCUT2D eigenvalue weighted by Crippen LogP contribution is -2.36. The fourth-order valence-corrected chi connectivity index (χ4v) is 3.80. The van der Waals surface area contributed by atoms with E-state index >= 15 is 0 Å². The summed E-state index contributed by atoms with van der Waals surface area (Å²) in [6.45, 7) is 5.71. The molecule has 8 nitrogen and oxygen atoms in total. The highest BCUT2D eigenvalue weighted by Crippen LogP contribution is 2.19. The summed E-state index contributed by atoms with van der Waals surface area (Å²) in [6.07, 6.45) is 0. The zero-order valence-electron chi connectivity index (χ0n) is 17.9. The van der Waals surface area contributed by atoms with Gasteiger partial charge in [0.05, 0.1) is 25.5 Å². The maximum absolute atomic E-state index is 12.5. The number of rotatable bonds is 6. The molecule has 0 saturated carbocycles. The molecule has 1 fully saturated rings. The third-order valence-corrected chi connectivity index (χ3v) is 5.31. The maximum Gasteiger partial charge on any atom is 0.258 e. The first-order valence-electron chi connectivity index (χ1n) is 10.4. The summed E-state index contributed by atoms with van der Waals surface area (Å²) in [5, 5.41) is 2.93. The normalized spacial score (nSPS) is 14.2. The third-order valence-electron chi connectivity index (χ3n) is 5.31. The Bertz CT molecular complexity index is 1120. The summed E-state index contributed by atoms with van der Waals surface area (Å²) < 4.78 is 6.96. The minimum atomic E-state index is -0.116. The number of likely N-dealkylation sites (N-methyl/N-ethyl adjacent to an activating group) is 1. The fourth-order valence-electron chi connectivity index (χ4n) is 3.80. The molecule has 3 heterocycles. The molecule has 0 atom stereocenters. The van der Waals surface area contributed by atoms with Crippen molar-refractivity contribution in [2.75, 3.05) is 50.1 Å². The summed E-state index contributed by atoms with van der Waals surface area (Å²) in [6, 6.07) is 14.9. The second-order valence-corrected chi connectivity index (χ2v) is 7.81. The molecule has 3 aromatic rings. The molecule has 1 aliphatic heterocycles. The van der Waals surface area contributed by atoms with Gasteiger partial charge in [-0.05, 0) is 50.4 Å². The number of carbonyl (C=O) groups excluding carboxylic acids is 1. The Kier molecular flexibility index (Phi) is 6.29. The van der Waals surface area contributed by atoms with Gasteiger partial charge in [-0.2, -0.15) is 0 Å². The maximum atomic E-state index is 12.5. The highest BCUT2D eigenvalue weighted by Gasteiger charge is 2.13. The van der Waals surface area contributed by atoms with Crippen LogP contribution in [-0.2, 0) is 16.1 Å². The molecule has 0 spiro atoms. The first-order chi connectivity index (χ1) is 15.0. The van der Waals surface area contributed by atoms with E-state index in [1.54, 1.807) is 4.40 Å². The van der Waals surface area contributed by atoms with Crippen molar-refractivity contribution in [3.8, 4) is 0 Å². The number of nitrogens with one attached hydrogen (secondary N) is 1. The number of morpholine rings is 1. The van der Waals surface area contributed by atoms with Crippen molar-refractivity contribution >= 4 is 22.9 Å². The SMILES string of the molecule is Cc1cccc2nc(CN(C)CC(=O)Nc3ccc(N4CCOCC4)cc3)cc(=O)n12. The van der Waals surface area contributed by atoms with Crippen molar-refractivity contribution in [2.45, 2.75) is 13.5 Å². The molecule has 0 aliphatic carbocycles. The molecule has 2 aromatic heterocycles. The van der Waals surface area contributed by atoms with Crippen LogP contribution in [0.5, 0.6) is 0 Å². The average molecular weight is 422 g/mol. The molecule has 31 heavy (non-hydrogen) atoms. The molecule has 1 saturated heterocycles. The molecule has 1 aliphatic rings. The Morgan fingerprint density at radius 3 is 2.65 bits per heavy atom. The van der Waals surface area contributed by atoms with Gasteiger partial charge >= 0.3 is 0 Å². The number of pyridine rings is 1. The van der Waals surface area contributed by atoms with Gasteiger partial charge in [-0.15, -0.1) is 0 Å². The highest BCUT2D eigenvalue weighted by molar-refractivity contribution is 5.92. The van der Waals surface area contributed by atoms with Crippen LogP contribution in [-0.4, -0.2) is 60.1 Å². The van der Waals surface area contributed by atoms with Crippen molar-refractivity contribution in [3.05, 3.63) is 70.3 Å². The van der Waals surface area contributed by atoms with Crippen LogP contribution in [0.15, 0.2) is 53.3 Å². The quantitative estimate of drug-likeness (QED) is 0.655. The molecular weight excluding hydrogens is 394 g/mol. The zero-order valence-corrected chi connectivity index (χ0v) is 17.9. The van der Waals surface area contributed by atoms with E-state index in [0.717, 1.165) is 43.4 Å². The van der Waals surface area contributed by atoms with Crippen LogP contribution in [0.1, 0.15) is 11.4 Å². The van der Waals surface area contributed by atoms with Gasteiger partial charge in [-0.25, -0.2) is 4.98 Å². The summed E-state index contributed by atoms with van der Waals surface area (Å²) in [5.74, 6) is -0.116. The Hall–Kier alpha value is -3.23. The van der Waals surface area contributed by atoms with E-state index in [0.29, 0.717) is 17.9 Å². The number of amides is 1. The number of nitrogens with zero attached hydrogens (tertiary/aromatic N) is 4. The van der Waals surface area contributed by atoms with Gasteiger partial charge in [-0.3, -0.25) is 18.9 Å². The molecule has 1 amide bonds. The Morgan fingerprint density at radius 1 is 1.16 bits per heavy atom. The van der Waals surface area contributed by atoms with Crippen LogP contribution in [0.2, 0.25) is 0 Å². The Labute approximate surface area is 181 Å². The van der Waals surface area contributed by atoms with Crippen molar-refractivity contribution < 1.29 is 9.53 Å². The van der Waals surface area contributed by atoms with Gasteiger partial charge in [-0.1, -0.05) is 6.07 Å². The second-order valence-electron chi connectivity index (χ2n) is 7.81. The standard InChI is InChI=1S/C23H27N5O3/c1-17-4-3-5-21-24-19(14-23(30)28(17)21)15-26(2)16-22(29)25-18-6-8-20(9-7-18)27-10-12-31-13-11-27/h3-9,14H,10-13,15-16H2,1-2H3,(H,25,29). The Balaban J connectivity index is 1.34. The van der Waals surface area contributed by atoms with Crippen LogP contribution in [0, 0.1) is 6.92 Å². The van der Waals surface area contributed by atoms with Crippen LogP contribution in [0.3, 0.4) is 0 Å². The minimum Gasteiger partial charge on any atom is -0.378 e. The lowest BCUT2D eigenvalue weighted by Gasteiger charge is -2.28. The van der Waals surface area contributed by atoms with Gasteiger partial charge in [0.25, 0.3) is 5.56 Å². The number of anilines is 2. The van der Waals surface area contributed by atoms with Crippen LogP contribution >= 0.6 is 0 Å². The molecule has 0 bridgehead atoms. The van der Waals surface area contributed by atoms with Crippen LogP contribution in [0.25, 0.3) is 5.65 Å². The van der Waals surface area contributed by atoms with Crippen molar-refractivity contribution in [1.29, 1.82) is 0 Å². The van der Waals surface area contributed by atoms with Gasteiger partial charge in [0.1, 0.15) is 5.65 Å². The smallest absolute Gasteiger partial charge is 0.258 e. The molecule has 0 radical (unpaired) electrons. The van der Waals surface area contributed by atoms with E-state index < -0.39 is 0 Å². The van der Waals surface area contributed by atoms with Crippen LogP contribution < -0.4 is 15.8 Å². The highest BCUT2D eigenvalue weighted by atomic mass is 16.5. The lowest BCUT2D eigenvalue weighted by atomic mass is 10.2. The summed E-state index contributed by atoms with van der Waals surface area (Å²) in [5.41, 5.74) is 3.86. The number of ether oxygens (including phenoxy) is 1. The molecule has 162 valence electrons. The van der Waals surface area contributed by atoms with E-state index in [1.165, 1.54) is 6.07 Å². The van der Waals surface area contributed by atoms with Gasteiger partial charge < -0.3 is 15.0 Å². The first-order valence-corrected chi connectivity index (χ1v) is 10.4. The van der Waals surface area contributed by atoms with Crippen molar-refractivity contribution in [3.63, 3.8) is 0 Å². The van der Waals surface area contributed by atoms with Crippen LogP contribution in [0.4, 0.5) is 11.4 Å². The number of aromatic nitrogens is 2. The molecule has 1 N–H and O–H groups in total. The van der Waals surface area contributed by atoms with Gasteiger partial charge in [0, 0.05) is 42.8 Å². The Morgan fingerprint density at radius 2 is 1.90 bits per heavy atom. The number of hydrogen-bond donors (Lipinski definition) is 1. The van der Waals surface area contributed by atoms with Crippen molar-refractivity contribution in [2.24, 2.45) is 0 Å². The van der Waals surface area contributed by atoms with Gasteiger partial charge in [0.15, 0.2) is 0 Å². The average Bonchev–Trinajstić information content (AvgIpc) is 2.74. The summed E-state index contributed by atoms with van der Waals surface area (Å²) in [4.78, 5) is 33.5. The molecule has 4 rings (SSSR count). The predicted molar refractivity (Wildman–Crippen MR) is 121 cm³/mol. The largest absolute Gasteiger partial charge is 0.378 e.